The maximum absolute atomic E-state index is 12.3. The highest BCUT2D eigenvalue weighted by molar-refractivity contribution is 5.94. The molecule has 0 aromatic heterocycles. The Morgan fingerprint density at radius 3 is 2.26 bits per heavy atom. The van der Waals surface area contributed by atoms with Gasteiger partial charge < -0.3 is 5.32 Å². The van der Waals surface area contributed by atoms with Crippen LogP contribution in [0.3, 0.4) is 0 Å². The molecule has 19 heavy (non-hydrogen) atoms. The number of halogens is 3. The number of carbonyl (C=O) groups excluding carboxylic acids is 1. The molecule has 2 nitrogen and oxygen atoms in total. The number of amides is 1. The third kappa shape index (κ3) is 5.32. The van der Waals surface area contributed by atoms with Gasteiger partial charge in [-0.1, -0.05) is 26.2 Å². The van der Waals surface area contributed by atoms with Gasteiger partial charge in [0.2, 0.25) is 0 Å². The van der Waals surface area contributed by atoms with Gasteiger partial charge >= 0.3 is 6.18 Å². The minimum atomic E-state index is -4.37. The molecule has 0 radical (unpaired) electrons. The Morgan fingerprint density at radius 2 is 1.74 bits per heavy atom. The van der Waals surface area contributed by atoms with Gasteiger partial charge in [-0.2, -0.15) is 13.2 Å². The van der Waals surface area contributed by atoms with Crippen molar-refractivity contribution in [1.82, 2.24) is 5.32 Å². The van der Waals surface area contributed by atoms with E-state index in [0.717, 1.165) is 37.8 Å². The number of benzene rings is 1. The van der Waals surface area contributed by atoms with Crippen molar-refractivity contribution in [3.8, 4) is 0 Å². The van der Waals surface area contributed by atoms with E-state index < -0.39 is 11.7 Å². The Hall–Kier alpha value is -1.52. The van der Waals surface area contributed by atoms with Gasteiger partial charge in [-0.3, -0.25) is 4.79 Å². The first-order chi connectivity index (χ1) is 8.95. The number of alkyl halides is 3. The van der Waals surface area contributed by atoms with Crippen LogP contribution in [0.2, 0.25) is 0 Å². The Bertz CT molecular complexity index is 398. The average Bonchev–Trinajstić information content (AvgIpc) is 2.37. The predicted molar refractivity (Wildman–Crippen MR) is 67.9 cm³/mol. The average molecular weight is 273 g/mol. The zero-order valence-corrected chi connectivity index (χ0v) is 10.9. The van der Waals surface area contributed by atoms with Crippen LogP contribution >= 0.6 is 0 Å². The van der Waals surface area contributed by atoms with E-state index >= 15 is 0 Å². The summed E-state index contributed by atoms with van der Waals surface area (Å²) in [5, 5.41) is 2.70. The summed E-state index contributed by atoms with van der Waals surface area (Å²) in [6, 6.07) is 4.24. The largest absolute Gasteiger partial charge is 0.416 e. The molecule has 0 saturated heterocycles. The van der Waals surface area contributed by atoms with Crippen molar-refractivity contribution in [1.29, 1.82) is 0 Å². The molecule has 0 aliphatic heterocycles. The quantitative estimate of drug-likeness (QED) is 0.779. The second-order valence-corrected chi connectivity index (χ2v) is 4.39. The number of hydrogen-bond acceptors (Lipinski definition) is 1. The van der Waals surface area contributed by atoms with Crippen molar-refractivity contribution in [3.05, 3.63) is 35.4 Å². The van der Waals surface area contributed by atoms with Crippen molar-refractivity contribution in [2.75, 3.05) is 6.54 Å². The highest BCUT2D eigenvalue weighted by atomic mass is 19.4. The lowest BCUT2D eigenvalue weighted by Crippen LogP contribution is -2.24. The highest BCUT2D eigenvalue weighted by Gasteiger charge is 2.30. The lowest BCUT2D eigenvalue weighted by atomic mass is 10.1. The van der Waals surface area contributed by atoms with Crippen LogP contribution < -0.4 is 5.32 Å². The van der Waals surface area contributed by atoms with E-state index in [9.17, 15) is 18.0 Å². The van der Waals surface area contributed by atoms with E-state index in [4.69, 9.17) is 0 Å². The fraction of sp³-hybridized carbons (Fsp3) is 0.500. The van der Waals surface area contributed by atoms with E-state index in [1.807, 2.05) is 0 Å². The number of nitrogens with one attached hydrogen (secondary N) is 1. The molecule has 106 valence electrons. The smallest absolute Gasteiger partial charge is 0.352 e. The Balaban J connectivity index is 2.45. The maximum atomic E-state index is 12.3. The van der Waals surface area contributed by atoms with Crippen LogP contribution in [0.1, 0.15) is 48.5 Å². The molecule has 0 fully saturated rings. The molecule has 0 heterocycles. The lowest BCUT2D eigenvalue weighted by Gasteiger charge is -2.08. The molecular weight excluding hydrogens is 255 g/mol. The summed E-state index contributed by atoms with van der Waals surface area (Å²) in [7, 11) is 0. The van der Waals surface area contributed by atoms with Crippen LogP contribution in [0.4, 0.5) is 13.2 Å². The molecule has 0 aliphatic carbocycles. The summed E-state index contributed by atoms with van der Waals surface area (Å²) in [5.74, 6) is -0.328. The molecule has 0 unspecified atom stereocenters. The Kier molecular flexibility index (Phi) is 5.86. The van der Waals surface area contributed by atoms with Crippen molar-refractivity contribution < 1.29 is 18.0 Å². The highest BCUT2D eigenvalue weighted by Crippen LogP contribution is 2.28. The standard InChI is InChI=1S/C14H18F3NO/c1-2-3-4-5-10-18-13(19)11-6-8-12(9-7-11)14(15,16)17/h6-9H,2-5,10H2,1H3,(H,18,19). The monoisotopic (exact) mass is 273 g/mol. The molecule has 0 spiro atoms. The van der Waals surface area contributed by atoms with Gasteiger partial charge in [0, 0.05) is 12.1 Å². The van der Waals surface area contributed by atoms with Crippen molar-refractivity contribution in [3.63, 3.8) is 0 Å². The minimum Gasteiger partial charge on any atom is -0.352 e. The van der Waals surface area contributed by atoms with Crippen LogP contribution in [0.15, 0.2) is 24.3 Å². The summed E-state index contributed by atoms with van der Waals surface area (Å²) in [6.45, 7) is 2.65. The fourth-order valence-electron chi connectivity index (χ4n) is 1.67. The first kappa shape index (κ1) is 15.5. The summed E-state index contributed by atoms with van der Waals surface area (Å²) in [5.41, 5.74) is -0.490. The zero-order chi connectivity index (χ0) is 14.3. The van der Waals surface area contributed by atoms with Crippen molar-refractivity contribution in [2.24, 2.45) is 0 Å². The van der Waals surface area contributed by atoms with Gasteiger partial charge in [0.1, 0.15) is 0 Å². The van der Waals surface area contributed by atoms with E-state index in [1.165, 1.54) is 12.1 Å². The van der Waals surface area contributed by atoms with Crippen molar-refractivity contribution in [2.45, 2.75) is 38.8 Å². The van der Waals surface area contributed by atoms with E-state index in [-0.39, 0.29) is 11.5 Å². The van der Waals surface area contributed by atoms with E-state index in [1.54, 1.807) is 0 Å². The van der Waals surface area contributed by atoms with E-state index in [2.05, 4.69) is 12.2 Å². The Labute approximate surface area is 111 Å². The molecule has 1 N–H and O–H groups in total. The molecule has 1 aromatic carbocycles. The second kappa shape index (κ2) is 7.16. The molecule has 0 bridgehead atoms. The SMILES string of the molecule is CCCCCCNC(=O)c1ccc(C(F)(F)F)cc1. The molecule has 1 rings (SSSR count). The molecule has 1 aromatic rings. The summed E-state index contributed by atoms with van der Waals surface area (Å²) >= 11 is 0. The number of hydrogen-bond donors (Lipinski definition) is 1. The van der Waals surface area contributed by atoms with Crippen LogP contribution in [-0.4, -0.2) is 12.5 Å². The van der Waals surface area contributed by atoms with Gasteiger partial charge in [0.05, 0.1) is 5.56 Å². The molecule has 0 aliphatic rings. The predicted octanol–water partition coefficient (Wildman–Crippen LogP) is 4.02. The molecule has 1 amide bonds. The van der Waals surface area contributed by atoms with Gasteiger partial charge in [-0.25, -0.2) is 0 Å². The van der Waals surface area contributed by atoms with Gasteiger partial charge in [-0.05, 0) is 30.7 Å². The first-order valence-corrected chi connectivity index (χ1v) is 6.40. The second-order valence-electron chi connectivity index (χ2n) is 4.39. The van der Waals surface area contributed by atoms with Crippen LogP contribution in [0.5, 0.6) is 0 Å². The van der Waals surface area contributed by atoms with Crippen LogP contribution in [0.25, 0.3) is 0 Å². The summed E-state index contributed by atoms with van der Waals surface area (Å²) in [6.07, 6.45) is -0.192. The van der Waals surface area contributed by atoms with E-state index in [0.29, 0.717) is 6.54 Å². The van der Waals surface area contributed by atoms with Gasteiger partial charge in [0.25, 0.3) is 5.91 Å². The summed E-state index contributed by atoms with van der Waals surface area (Å²) < 4.78 is 37.0. The Morgan fingerprint density at radius 1 is 1.11 bits per heavy atom. The lowest BCUT2D eigenvalue weighted by molar-refractivity contribution is -0.137. The van der Waals surface area contributed by atoms with Crippen LogP contribution in [-0.2, 0) is 6.18 Å². The number of carbonyl (C=O) groups is 1. The number of unbranched alkanes of at least 4 members (excludes halogenated alkanes) is 3. The van der Waals surface area contributed by atoms with Crippen molar-refractivity contribution >= 4 is 5.91 Å². The minimum absolute atomic E-state index is 0.253. The molecule has 0 atom stereocenters. The topological polar surface area (TPSA) is 29.1 Å². The molecular formula is C14H18F3NO. The third-order valence-corrected chi connectivity index (χ3v) is 2.79. The third-order valence-electron chi connectivity index (χ3n) is 2.79. The number of rotatable bonds is 6. The van der Waals surface area contributed by atoms with Gasteiger partial charge in [-0.15, -0.1) is 0 Å². The zero-order valence-electron chi connectivity index (χ0n) is 10.9. The fourth-order valence-corrected chi connectivity index (χ4v) is 1.67. The summed E-state index contributed by atoms with van der Waals surface area (Å²) in [4.78, 5) is 11.6. The molecule has 0 saturated carbocycles. The molecule has 5 heteroatoms. The first-order valence-electron chi connectivity index (χ1n) is 6.40. The van der Waals surface area contributed by atoms with Gasteiger partial charge in [0.15, 0.2) is 0 Å². The normalized spacial score (nSPS) is 11.4. The van der Waals surface area contributed by atoms with Crippen LogP contribution in [0, 0.1) is 0 Å². The maximum Gasteiger partial charge on any atom is 0.416 e.